The Morgan fingerprint density at radius 1 is 1.33 bits per heavy atom. The number of ether oxygens (including phenoxy) is 1. The summed E-state index contributed by atoms with van der Waals surface area (Å²) in [5.41, 5.74) is 2.02. The summed E-state index contributed by atoms with van der Waals surface area (Å²) in [5, 5.41) is 7.11. The van der Waals surface area contributed by atoms with Gasteiger partial charge in [-0.2, -0.15) is 5.10 Å². The molecule has 0 saturated carbocycles. The van der Waals surface area contributed by atoms with E-state index >= 15 is 0 Å². The molecule has 0 bridgehead atoms. The standard InChI is InChI=1S/C23H31N5O4S/c1-4-32-22(31)18-9-6-11-27(14-18)20(30)15-26(3)19(29)10-12-28-21(24-25-23(28)33)17-8-5-7-16(2)13-17/h5,7-8,13,18H,4,6,9-12,14-15H2,1-3H3,(H,25,33). The summed E-state index contributed by atoms with van der Waals surface area (Å²) in [6, 6.07) is 7.91. The number of piperidine rings is 1. The number of carbonyl (C=O) groups is 3. The quantitative estimate of drug-likeness (QED) is 0.467. The Bertz CT molecular complexity index is 1060. The monoisotopic (exact) mass is 473 g/mol. The van der Waals surface area contributed by atoms with Crippen LogP contribution in [0.2, 0.25) is 0 Å². The van der Waals surface area contributed by atoms with Crippen LogP contribution in [-0.4, -0.2) is 75.6 Å². The number of nitrogens with zero attached hydrogens (tertiary/aromatic N) is 4. The summed E-state index contributed by atoms with van der Waals surface area (Å²) in [6.45, 7) is 5.34. The number of aromatic amines is 1. The molecule has 1 atom stereocenters. The SMILES string of the molecule is CCOC(=O)C1CCCN(C(=O)CN(C)C(=O)CCn2c(-c3cccc(C)c3)n[nH]c2=S)C1. The van der Waals surface area contributed by atoms with Gasteiger partial charge in [-0.15, -0.1) is 0 Å². The molecule has 10 heteroatoms. The van der Waals surface area contributed by atoms with Crippen LogP contribution in [0.5, 0.6) is 0 Å². The number of amides is 2. The fourth-order valence-electron chi connectivity index (χ4n) is 3.98. The molecule has 1 N–H and O–H groups in total. The maximum Gasteiger partial charge on any atom is 0.310 e. The number of hydrogen-bond acceptors (Lipinski definition) is 6. The van der Waals surface area contributed by atoms with Crippen molar-refractivity contribution in [3.63, 3.8) is 0 Å². The highest BCUT2D eigenvalue weighted by atomic mass is 32.1. The van der Waals surface area contributed by atoms with E-state index in [-0.39, 0.29) is 36.7 Å². The second-order valence-electron chi connectivity index (χ2n) is 8.30. The number of rotatable bonds is 8. The van der Waals surface area contributed by atoms with Gasteiger partial charge in [0.15, 0.2) is 10.6 Å². The Labute approximate surface area is 198 Å². The Morgan fingerprint density at radius 2 is 2.12 bits per heavy atom. The average Bonchev–Trinajstić information content (AvgIpc) is 3.17. The molecule has 178 valence electrons. The van der Waals surface area contributed by atoms with E-state index in [1.54, 1.807) is 23.4 Å². The highest BCUT2D eigenvalue weighted by molar-refractivity contribution is 7.71. The maximum absolute atomic E-state index is 12.7. The molecule has 1 saturated heterocycles. The number of likely N-dealkylation sites (tertiary alicyclic amines) is 1. The van der Waals surface area contributed by atoms with Crippen molar-refractivity contribution in [2.24, 2.45) is 5.92 Å². The molecule has 9 nitrogen and oxygen atoms in total. The molecular weight excluding hydrogens is 442 g/mol. The molecule has 2 amide bonds. The Hall–Kier alpha value is -3.01. The van der Waals surface area contributed by atoms with Crippen molar-refractivity contribution in [2.45, 2.75) is 39.7 Å². The molecule has 1 aliphatic rings. The number of likely N-dealkylation sites (N-methyl/N-ethyl adjacent to an activating group) is 1. The smallest absolute Gasteiger partial charge is 0.310 e. The van der Waals surface area contributed by atoms with E-state index < -0.39 is 0 Å². The van der Waals surface area contributed by atoms with Crippen LogP contribution in [0.25, 0.3) is 11.4 Å². The van der Waals surface area contributed by atoms with Crippen LogP contribution in [0.3, 0.4) is 0 Å². The maximum atomic E-state index is 12.7. The molecule has 1 fully saturated rings. The fourth-order valence-corrected chi connectivity index (χ4v) is 4.20. The molecule has 1 aromatic carbocycles. The predicted molar refractivity (Wildman–Crippen MR) is 126 cm³/mol. The second-order valence-corrected chi connectivity index (χ2v) is 8.69. The molecule has 2 aromatic rings. The minimum absolute atomic E-state index is 0.0318. The summed E-state index contributed by atoms with van der Waals surface area (Å²) in [4.78, 5) is 40.6. The summed E-state index contributed by atoms with van der Waals surface area (Å²) in [7, 11) is 1.61. The molecule has 33 heavy (non-hydrogen) atoms. The molecule has 3 rings (SSSR count). The first kappa shape index (κ1) is 24.6. The van der Waals surface area contributed by atoms with Crippen molar-refractivity contribution >= 4 is 30.0 Å². The Morgan fingerprint density at radius 3 is 2.85 bits per heavy atom. The van der Waals surface area contributed by atoms with Crippen LogP contribution >= 0.6 is 12.2 Å². The molecule has 2 heterocycles. The van der Waals surface area contributed by atoms with Gasteiger partial charge in [-0.05, 0) is 45.0 Å². The summed E-state index contributed by atoms with van der Waals surface area (Å²) in [5.74, 6) is -0.221. The number of nitrogens with one attached hydrogen (secondary N) is 1. The van der Waals surface area contributed by atoms with Crippen LogP contribution in [0.15, 0.2) is 24.3 Å². The molecule has 1 aromatic heterocycles. The number of benzene rings is 1. The summed E-state index contributed by atoms with van der Waals surface area (Å²) < 4.78 is 7.33. The number of esters is 1. The van der Waals surface area contributed by atoms with Crippen molar-refractivity contribution in [1.82, 2.24) is 24.6 Å². The zero-order chi connectivity index (χ0) is 24.0. The van der Waals surface area contributed by atoms with Crippen LogP contribution in [0, 0.1) is 17.6 Å². The third-order valence-corrected chi connectivity index (χ3v) is 6.09. The van der Waals surface area contributed by atoms with Crippen LogP contribution in [-0.2, 0) is 25.7 Å². The van der Waals surface area contributed by atoms with E-state index in [1.165, 1.54) is 4.90 Å². The van der Waals surface area contributed by atoms with Crippen molar-refractivity contribution in [3.05, 3.63) is 34.6 Å². The fraction of sp³-hybridized carbons (Fsp3) is 0.522. The molecule has 0 aliphatic carbocycles. The molecule has 0 radical (unpaired) electrons. The highest BCUT2D eigenvalue weighted by Crippen LogP contribution is 2.20. The van der Waals surface area contributed by atoms with E-state index in [1.807, 2.05) is 31.2 Å². The van der Waals surface area contributed by atoms with E-state index in [0.29, 0.717) is 43.3 Å². The van der Waals surface area contributed by atoms with Crippen LogP contribution in [0.4, 0.5) is 0 Å². The topological polar surface area (TPSA) is 101 Å². The first-order valence-electron chi connectivity index (χ1n) is 11.2. The van der Waals surface area contributed by atoms with Gasteiger partial charge < -0.3 is 14.5 Å². The third-order valence-electron chi connectivity index (χ3n) is 5.78. The van der Waals surface area contributed by atoms with Gasteiger partial charge in [0.2, 0.25) is 11.8 Å². The lowest BCUT2D eigenvalue weighted by Gasteiger charge is -2.32. The number of aryl methyl sites for hydroxylation is 1. The van der Waals surface area contributed by atoms with Gasteiger partial charge in [0.05, 0.1) is 19.1 Å². The molecule has 1 unspecified atom stereocenters. The van der Waals surface area contributed by atoms with Gasteiger partial charge >= 0.3 is 5.97 Å². The van der Waals surface area contributed by atoms with Gasteiger partial charge in [-0.1, -0.05) is 23.8 Å². The predicted octanol–water partition coefficient (Wildman–Crippen LogP) is 2.57. The van der Waals surface area contributed by atoms with Gasteiger partial charge in [-0.25, -0.2) is 0 Å². The molecular formula is C23H31N5O4S. The van der Waals surface area contributed by atoms with Crippen LogP contribution < -0.4 is 0 Å². The Kier molecular flexibility index (Phi) is 8.37. The largest absolute Gasteiger partial charge is 0.466 e. The lowest BCUT2D eigenvalue weighted by atomic mass is 9.98. The first-order valence-corrected chi connectivity index (χ1v) is 11.6. The normalized spacial score (nSPS) is 15.8. The number of H-pyrrole nitrogens is 1. The minimum Gasteiger partial charge on any atom is -0.466 e. The van der Waals surface area contributed by atoms with Crippen LogP contribution in [0.1, 0.15) is 31.7 Å². The summed E-state index contributed by atoms with van der Waals surface area (Å²) in [6.07, 6.45) is 1.64. The van der Waals surface area contributed by atoms with Crippen molar-refractivity contribution in [2.75, 3.05) is 33.3 Å². The average molecular weight is 474 g/mol. The lowest BCUT2D eigenvalue weighted by molar-refractivity contribution is -0.152. The first-order chi connectivity index (χ1) is 15.8. The zero-order valence-corrected chi connectivity index (χ0v) is 20.2. The number of aromatic nitrogens is 3. The van der Waals surface area contributed by atoms with Gasteiger partial charge in [0.1, 0.15) is 0 Å². The van der Waals surface area contributed by atoms with Gasteiger partial charge in [0, 0.05) is 38.7 Å². The summed E-state index contributed by atoms with van der Waals surface area (Å²) >= 11 is 5.35. The van der Waals surface area contributed by atoms with E-state index in [2.05, 4.69) is 10.2 Å². The third kappa shape index (κ3) is 6.28. The zero-order valence-electron chi connectivity index (χ0n) is 19.4. The number of hydrogen-bond donors (Lipinski definition) is 1. The lowest BCUT2D eigenvalue weighted by Crippen LogP contribution is -2.47. The van der Waals surface area contributed by atoms with Crippen molar-refractivity contribution in [1.29, 1.82) is 0 Å². The van der Waals surface area contributed by atoms with Gasteiger partial charge in [0.25, 0.3) is 0 Å². The Balaban J connectivity index is 1.56. The van der Waals surface area contributed by atoms with E-state index in [0.717, 1.165) is 17.5 Å². The van der Waals surface area contributed by atoms with Crippen molar-refractivity contribution < 1.29 is 19.1 Å². The van der Waals surface area contributed by atoms with E-state index in [4.69, 9.17) is 17.0 Å². The number of carbonyl (C=O) groups excluding carboxylic acids is 3. The molecule has 0 spiro atoms. The minimum atomic E-state index is -0.299. The molecule has 1 aliphatic heterocycles. The van der Waals surface area contributed by atoms with Gasteiger partial charge in [-0.3, -0.25) is 24.0 Å². The van der Waals surface area contributed by atoms with Crippen molar-refractivity contribution in [3.8, 4) is 11.4 Å². The van der Waals surface area contributed by atoms with E-state index in [9.17, 15) is 14.4 Å². The highest BCUT2D eigenvalue weighted by Gasteiger charge is 2.30. The second kappa shape index (κ2) is 11.2.